The number of aromatic nitrogens is 8. The molecule has 0 bridgehead atoms. The summed E-state index contributed by atoms with van der Waals surface area (Å²) in [6, 6.07) is 5.35. The van der Waals surface area contributed by atoms with E-state index in [-0.39, 0.29) is 24.5 Å². The van der Waals surface area contributed by atoms with Crippen molar-refractivity contribution < 1.29 is 18.0 Å². The van der Waals surface area contributed by atoms with Gasteiger partial charge in [-0.05, 0) is 26.0 Å². The Bertz CT molecular complexity index is 1250. The Labute approximate surface area is 173 Å². The van der Waals surface area contributed by atoms with E-state index in [1.165, 1.54) is 0 Å². The molecule has 0 aliphatic carbocycles. The average molecular weight is 431 g/mol. The number of ketones is 1. The molecule has 0 unspecified atom stereocenters. The van der Waals surface area contributed by atoms with Crippen molar-refractivity contribution in [3.8, 4) is 11.5 Å². The number of H-pyrrole nitrogens is 1. The number of hydrogen-bond acceptors (Lipinski definition) is 8. The number of pyridine rings is 1. The number of nitrogens with one attached hydrogen (secondary N) is 2. The van der Waals surface area contributed by atoms with Crippen LogP contribution in [0.3, 0.4) is 0 Å². The number of Topliss-reactive ketones (excluding diaryl/α,β-unsaturated/α-hetero) is 1. The van der Waals surface area contributed by atoms with Crippen LogP contribution in [0.1, 0.15) is 22.8 Å². The van der Waals surface area contributed by atoms with Crippen molar-refractivity contribution in [1.82, 2.24) is 39.7 Å². The Morgan fingerprint density at radius 2 is 2.00 bits per heavy atom. The third-order valence-electron chi connectivity index (χ3n) is 4.52. The van der Waals surface area contributed by atoms with E-state index in [4.69, 9.17) is 0 Å². The molecule has 13 heteroatoms. The molecule has 0 saturated carbocycles. The second-order valence-electron chi connectivity index (χ2n) is 6.71. The van der Waals surface area contributed by atoms with E-state index >= 15 is 0 Å². The molecule has 0 fully saturated rings. The molecule has 31 heavy (non-hydrogen) atoms. The lowest BCUT2D eigenvalue weighted by Crippen LogP contribution is -2.19. The second kappa shape index (κ2) is 7.74. The Hall–Kier alpha value is -3.90. The molecule has 4 rings (SSSR count). The van der Waals surface area contributed by atoms with E-state index in [9.17, 15) is 18.0 Å². The maximum absolute atomic E-state index is 12.9. The third kappa shape index (κ3) is 4.20. The molecule has 4 heterocycles. The Balaban J connectivity index is 1.47. The first-order valence-corrected chi connectivity index (χ1v) is 9.12. The van der Waals surface area contributed by atoms with E-state index in [0.29, 0.717) is 34.4 Å². The number of aromatic amines is 1. The minimum atomic E-state index is -4.68. The minimum Gasteiger partial charge on any atom is -0.347 e. The minimum absolute atomic E-state index is 0.0456. The normalized spacial score (nSPS) is 11.8. The summed E-state index contributed by atoms with van der Waals surface area (Å²) in [7, 11) is 0. The molecule has 10 nitrogen and oxygen atoms in total. The number of anilines is 1. The zero-order valence-corrected chi connectivity index (χ0v) is 16.4. The Kier molecular flexibility index (Phi) is 5.09. The summed E-state index contributed by atoms with van der Waals surface area (Å²) < 4.78 is 39.7. The number of alkyl halides is 3. The first-order valence-electron chi connectivity index (χ1n) is 9.12. The number of halogens is 3. The molecule has 0 aromatic carbocycles. The van der Waals surface area contributed by atoms with E-state index in [0.717, 1.165) is 4.52 Å². The number of hydrogen-bond donors (Lipinski definition) is 2. The van der Waals surface area contributed by atoms with E-state index in [1.807, 2.05) is 6.07 Å². The standard InChI is InChI=1S/C18H16F3N9O/c1-9-12(10(2)30-17(24-9)26-15(29-30)18(19,20)21)7-11(31)8-23-16-25-14(27-28-16)13-5-3-4-6-22-13/h3-6H,7-8H2,1-2H3,(H2,23,25,27,28). The van der Waals surface area contributed by atoms with E-state index in [1.54, 1.807) is 32.2 Å². The van der Waals surface area contributed by atoms with Crippen LogP contribution in [0.15, 0.2) is 24.4 Å². The largest absolute Gasteiger partial charge is 0.453 e. The van der Waals surface area contributed by atoms with Crippen LogP contribution in [-0.2, 0) is 17.4 Å². The summed E-state index contributed by atoms with van der Waals surface area (Å²) in [5.74, 6) is -0.924. The second-order valence-corrected chi connectivity index (χ2v) is 6.71. The molecule has 0 saturated heterocycles. The van der Waals surface area contributed by atoms with Crippen molar-refractivity contribution in [3.63, 3.8) is 0 Å². The van der Waals surface area contributed by atoms with Crippen LogP contribution in [0, 0.1) is 13.8 Å². The smallest absolute Gasteiger partial charge is 0.347 e. The van der Waals surface area contributed by atoms with Crippen LogP contribution < -0.4 is 5.32 Å². The van der Waals surface area contributed by atoms with Crippen LogP contribution in [0.4, 0.5) is 19.1 Å². The molecule has 4 aromatic heterocycles. The molecule has 0 amide bonds. The summed E-state index contributed by atoms with van der Waals surface area (Å²) >= 11 is 0. The van der Waals surface area contributed by atoms with Crippen LogP contribution in [0.5, 0.6) is 0 Å². The summed E-state index contributed by atoms with van der Waals surface area (Å²) in [6.07, 6.45) is -3.11. The van der Waals surface area contributed by atoms with Gasteiger partial charge in [0.05, 0.1) is 6.54 Å². The third-order valence-corrected chi connectivity index (χ3v) is 4.52. The fourth-order valence-electron chi connectivity index (χ4n) is 2.99. The molecular formula is C18H16F3N9O. The van der Waals surface area contributed by atoms with Gasteiger partial charge in [0, 0.05) is 29.6 Å². The van der Waals surface area contributed by atoms with Crippen LogP contribution >= 0.6 is 0 Å². The van der Waals surface area contributed by atoms with Gasteiger partial charge in [-0.2, -0.15) is 18.2 Å². The van der Waals surface area contributed by atoms with E-state index < -0.39 is 12.0 Å². The SMILES string of the molecule is Cc1nc2nc(C(F)(F)F)nn2c(C)c1CC(=O)CNc1nnc(-c2ccccn2)[nH]1. The highest BCUT2D eigenvalue weighted by Gasteiger charge is 2.37. The van der Waals surface area contributed by atoms with Crippen molar-refractivity contribution in [2.45, 2.75) is 26.4 Å². The van der Waals surface area contributed by atoms with Gasteiger partial charge >= 0.3 is 6.18 Å². The number of fused-ring (bicyclic) bond motifs is 1. The van der Waals surface area contributed by atoms with Gasteiger partial charge in [-0.15, -0.1) is 15.3 Å². The predicted molar refractivity (Wildman–Crippen MR) is 102 cm³/mol. The van der Waals surface area contributed by atoms with Gasteiger partial charge < -0.3 is 10.3 Å². The molecule has 2 N–H and O–H groups in total. The fraction of sp³-hybridized carbons (Fsp3) is 0.278. The highest BCUT2D eigenvalue weighted by molar-refractivity contribution is 5.85. The van der Waals surface area contributed by atoms with Crippen molar-refractivity contribution in [1.29, 1.82) is 0 Å². The maximum Gasteiger partial charge on any atom is 0.453 e. The lowest BCUT2D eigenvalue weighted by molar-refractivity contribution is -0.144. The average Bonchev–Trinajstić information content (AvgIpc) is 3.37. The van der Waals surface area contributed by atoms with Gasteiger partial charge in [-0.3, -0.25) is 9.78 Å². The predicted octanol–water partition coefficient (Wildman–Crippen LogP) is 2.16. The van der Waals surface area contributed by atoms with Gasteiger partial charge in [0.2, 0.25) is 5.95 Å². The van der Waals surface area contributed by atoms with Gasteiger partial charge in [0.15, 0.2) is 11.6 Å². The van der Waals surface area contributed by atoms with Crippen molar-refractivity contribution >= 4 is 17.5 Å². The monoisotopic (exact) mass is 431 g/mol. The molecule has 0 aliphatic heterocycles. The number of rotatable bonds is 6. The van der Waals surface area contributed by atoms with Gasteiger partial charge in [-0.1, -0.05) is 6.07 Å². The summed E-state index contributed by atoms with van der Waals surface area (Å²) in [6.45, 7) is 3.11. The fourth-order valence-corrected chi connectivity index (χ4v) is 2.99. The van der Waals surface area contributed by atoms with Gasteiger partial charge in [0.25, 0.3) is 11.6 Å². The first-order chi connectivity index (χ1) is 14.7. The quantitative estimate of drug-likeness (QED) is 0.476. The topological polar surface area (TPSA) is 127 Å². The molecule has 0 spiro atoms. The molecule has 4 aromatic rings. The number of carbonyl (C=O) groups is 1. The molecule has 0 aliphatic rings. The summed E-state index contributed by atoms with van der Waals surface area (Å²) in [5.41, 5.74) is 1.88. The van der Waals surface area contributed by atoms with Crippen LogP contribution in [0.25, 0.3) is 17.3 Å². The molecule has 0 radical (unpaired) electrons. The van der Waals surface area contributed by atoms with Crippen molar-refractivity contribution in [2.75, 3.05) is 11.9 Å². The van der Waals surface area contributed by atoms with Crippen LogP contribution in [-0.4, -0.2) is 52.1 Å². The summed E-state index contributed by atoms with van der Waals surface area (Å²) in [5, 5.41) is 14.2. The number of aryl methyl sites for hydroxylation is 2. The van der Waals surface area contributed by atoms with Crippen LogP contribution in [0.2, 0.25) is 0 Å². The number of nitrogens with zero attached hydrogens (tertiary/aromatic N) is 7. The zero-order valence-electron chi connectivity index (χ0n) is 16.4. The van der Waals surface area contributed by atoms with Crippen molar-refractivity contribution in [2.24, 2.45) is 0 Å². The van der Waals surface area contributed by atoms with Crippen molar-refractivity contribution in [3.05, 3.63) is 47.2 Å². The van der Waals surface area contributed by atoms with Gasteiger partial charge in [0.1, 0.15) is 5.69 Å². The maximum atomic E-state index is 12.9. The summed E-state index contributed by atoms with van der Waals surface area (Å²) in [4.78, 5) is 27.0. The Morgan fingerprint density at radius 1 is 1.19 bits per heavy atom. The lowest BCUT2D eigenvalue weighted by Gasteiger charge is -2.10. The molecule has 0 atom stereocenters. The number of carbonyl (C=O) groups excluding carboxylic acids is 1. The molecular weight excluding hydrogens is 415 g/mol. The zero-order chi connectivity index (χ0) is 22.2. The Morgan fingerprint density at radius 3 is 2.71 bits per heavy atom. The first kappa shape index (κ1) is 20.4. The molecule has 160 valence electrons. The highest BCUT2D eigenvalue weighted by atomic mass is 19.4. The van der Waals surface area contributed by atoms with E-state index in [2.05, 4.69) is 40.5 Å². The highest BCUT2D eigenvalue weighted by Crippen LogP contribution is 2.27. The lowest BCUT2D eigenvalue weighted by atomic mass is 10.1. The van der Waals surface area contributed by atoms with Gasteiger partial charge in [-0.25, -0.2) is 9.50 Å².